The maximum Gasteiger partial charge on any atom is 0.195 e. The SMILES string of the molecule is Cc1cc2ccc(C(O)CN3CCNCC3)cc2c(=O)c2cc(-c3cnn(C)c3)cnc12. The van der Waals surface area contributed by atoms with Gasteiger partial charge in [0, 0.05) is 74.1 Å². The number of hydrogen-bond acceptors (Lipinski definition) is 6. The zero-order chi connectivity index (χ0) is 22.2. The summed E-state index contributed by atoms with van der Waals surface area (Å²) in [6.07, 6.45) is 4.83. The van der Waals surface area contributed by atoms with Crippen molar-refractivity contribution in [1.29, 1.82) is 0 Å². The zero-order valence-corrected chi connectivity index (χ0v) is 18.4. The maximum absolute atomic E-state index is 13.6. The predicted octanol–water partition coefficient (Wildman–Crippen LogP) is 2.40. The first-order chi connectivity index (χ1) is 15.5. The lowest BCUT2D eigenvalue weighted by molar-refractivity contribution is 0.106. The van der Waals surface area contributed by atoms with Crippen LogP contribution in [0.1, 0.15) is 17.2 Å². The van der Waals surface area contributed by atoms with E-state index < -0.39 is 6.10 Å². The molecule has 1 unspecified atom stereocenters. The third-order valence-electron chi connectivity index (χ3n) is 6.26. The molecule has 32 heavy (non-hydrogen) atoms. The van der Waals surface area contributed by atoms with Gasteiger partial charge in [0.1, 0.15) is 0 Å². The molecule has 2 aromatic heterocycles. The summed E-state index contributed by atoms with van der Waals surface area (Å²) in [6, 6.07) is 9.61. The van der Waals surface area contributed by atoms with E-state index in [0.717, 1.165) is 53.8 Å². The Morgan fingerprint density at radius 3 is 2.66 bits per heavy atom. The minimum Gasteiger partial charge on any atom is -0.387 e. The number of nitrogens with one attached hydrogen (secondary N) is 1. The van der Waals surface area contributed by atoms with Crippen LogP contribution in [0.2, 0.25) is 0 Å². The molecule has 1 atom stereocenters. The number of aliphatic hydroxyl groups excluding tert-OH is 1. The number of pyridine rings is 1. The van der Waals surface area contributed by atoms with Crippen LogP contribution in [0.4, 0.5) is 0 Å². The van der Waals surface area contributed by atoms with Crippen molar-refractivity contribution in [2.24, 2.45) is 7.05 Å². The van der Waals surface area contributed by atoms with E-state index in [9.17, 15) is 9.90 Å². The van der Waals surface area contributed by atoms with Gasteiger partial charge in [0.05, 0.1) is 17.8 Å². The standard InChI is InChI=1S/C25H27N5O2/c1-16-9-17-3-4-18(23(31)15-30-7-5-26-6-8-30)10-21(17)25(32)22-11-19(12-27-24(16)22)20-13-28-29(2)14-20/h3-4,9-14,23,26,31H,5-8,15H2,1-2H3. The number of aromatic nitrogens is 3. The van der Waals surface area contributed by atoms with E-state index in [0.29, 0.717) is 22.8 Å². The van der Waals surface area contributed by atoms with E-state index in [2.05, 4.69) is 20.3 Å². The number of piperazine rings is 1. The highest BCUT2D eigenvalue weighted by atomic mass is 16.3. The van der Waals surface area contributed by atoms with Crippen LogP contribution in [0.25, 0.3) is 32.8 Å². The second kappa shape index (κ2) is 8.43. The van der Waals surface area contributed by atoms with Gasteiger partial charge >= 0.3 is 0 Å². The fraction of sp³-hybridized carbons (Fsp3) is 0.320. The second-order valence-corrected chi connectivity index (χ2v) is 8.59. The Morgan fingerprint density at radius 2 is 1.91 bits per heavy atom. The molecule has 0 amide bonds. The van der Waals surface area contributed by atoms with Gasteiger partial charge in [-0.05, 0) is 41.6 Å². The Kier molecular flexibility index (Phi) is 5.46. The van der Waals surface area contributed by atoms with Gasteiger partial charge in [-0.1, -0.05) is 12.1 Å². The molecule has 0 aliphatic carbocycles. The van der Waals surface area contributed by atoms with Gasteiger partial charge in [-0.3, -0.25) is 19.4 Å². The molecule has 7 heteroatoms. The highest BCUT2D eigenvalue weighted by Gasteiger charge is 2.17. The van der Waals surface area contributed by atoms with Gasteiger partial charge in [0.15, 0.2) is 5.43 Å². The molecule has 5 rings (SSSR count). The van der Waals surface area contributed by atoms with Crippen LogP contribution >= 0.6 is 0 Å². The van der Waals surface area contributed by atoms with Crippen LogP contribution in [0.5, 0.6) is 0 Å². The molecule has 7 nitrogen and oxygen atoms in total. The molecular formula is C25H27N5O2. The lowest BCUT2D eigenvalue weighted by Gasteiger charge is -2.29. The molecule has 0 spiro atoms. The van der Waals surface area contributed by atoms with Crippen LogP contribution in [-0.4, -0.2) is 57.5 Å². The van der Waals surface area contributed by atoms with E-state index in [1.54, 1.807) is 17.1 Å². The van der Waals surface area contributed by atoms with E-state index in [-0.39, 0.29) is 5.43 Å². The minimum atomic E-state index is -0.640. The number of rotatable bonds is 4. The smallest absolute Gasteiger partial charge is 0.195 e. The summed E-state index contributed by atoms with van der Waals surface area (Å²) in [4.78, 5) is 20.5. The topological polar surface area (TPSA) is 83.3 Å². The third kappa shape index (κ3) is 3.90. The molecule has 0 radical (unpaired) electrons. The monoisotopic (exact) mass is 429 g/mol. The molecular weight excluding hydrogens is 402 g/mol. The van der Waals surface area contributed by atoms with Crippen molar-refractivity contribution in [3.8, 4) is 11.1 Å². The van der Waals surface area contributed by atoms with E-state index in [4.69, 9.17) is 0 Å². The Hall–Kier alpha value is -3.13. The summed E-state index contributed by atoms with van der Waals surface area (Å²) in [7, 11) is 1.86. The minimum absolute atomic E-state index is 0.0717. The summed E-state index contributed by atoms with van der Waals surface area (Å²) >= 11 is 0. The van der Waals surface area contributed by atoms with Crippen LogP contribution in [-0.2, 0) is 7.05 Å². The number of hydrogen-bond donors (Lipinski definition) is 2. The highest BCUT2D eigenvalue weighted by Crippen LogP contribution is 2.25. The number of fused-ring (bicyclic) bond motifs is 2. The third-order valence-corrected chi connectivity index (χ3v) is 6.26. The first kappa shape index (κ1) is 20.8. The maximum atomic E-state index is 13.6. The van der Waals surface area contributed by atoms with E-state index in [1.807, 2.05) is 50.5 Å². The molecule has 4 aromatic rings. The largest absolute Gasteiger partial charge is 0.387 e. The molecule has 1 aliphatic heterocycles. The fourth-order valence-electron chi connectivity index (χ4n) is 4.47. The van der Waals surface area contributed by atoms with Crippen LogP contribution in [0.3, 0.4) is 0 Å². The number of nitrogens with zero attached hydrogens (tertiary/aromatic N) is 4. The van der Waals surface area contributed by atoms with Crippen molar-refractivity contribution in [2.45, 2.75) is 13.0 Å². The summed E-state index contributed by atoms with van der Waals surface area (Å²) < 4.78 is 1.73. The summed E-state index contributed by atoms with van der Waals surface area (Å²) in [5, 5.41) is 20.5. The summed E-state index contributed by atoms with van der Waals surface area (Å²) in [6.45, 7) is 6.24. The lowest BCUT2D eigenvalue weighted by Crippen LogP contribution is -2.44. The molecule has 2 N–H and O–H groups in total. The van der Waals surface area contributed by atoms with Crippen molar-refractivity contribution >= 4 is 21.7 Å². The molecule has 0 bridgehead atoms. The summed E-state index contributed by atoms with van der Waals surface area (Å²) in [5.41, 5.74) is 4.11. The first-order valence-corrected chi connectivity index (χ1v) is 11.0. The molecule has 2 aromatic carbocycles. The second-order valence-electron chi connectivity index (χ2n) is 8.59. The molecule has 1 aliphatic rings. The van der Waals surface area contributed by atoms with Gasteiger partial charge in [-0.15, -0.1) is 0 Å². The van der Waals surface area contributed by atoms with Gasteiger partial charge in [0.25, 0.3) is 0 Å². The molecule has 3 heterocycles. The number of aryl methyl sites for hydroxylation is 2. The van der Waals surface area contributed by atoms with Crippen molar-refractivity contribution in [2.75, 3.05) is 32.7 Å². The number of β-amino-alcohol motifs (C(OH)–C–C–N with tert-alkyl or cyclic N) is 1. The predicted molar refractivity (Wildman–Crippen MR) is 127 cm³/mol. The molecule has 164 valence electrons. The van der Waals surface area contributed by atoms with Gasteiger partial charge in [0.2, 0.25) is 0 Å². The lowest BCUT2D eigenvalue weighted by atomic mass is 10.0. The first-order valence-electron chi connectivity index (χ1n) is 11.0. The van der Waals surface area contributed by atoms with E-state index >= 15 is 0 Å². The molecule has 1 saturated heterocycles. The van der Waals surface area contributed by atoms with Crippen LogP contribution in [0, 0.1) is 6.92 Å². The van der Waals surface area contributed by atoms with Gasteiger partial charge < -0.3 is 10.4 Å². The Balaban J connectivity index is 1.62. The highest BCUT2D eigenvalue weighted by molar-refractivity contribution is 5.95. The molecule has 1 fully saturated rings. The van der Waals surface area contributed by atoms with Crippen LogP contribution in [0.15, 0.2) is 53.7 Å². The van der Waals surface area contributed by atoms with Crippen molar-refractivity contribution in [1.82, 2.24) is 25.0 Å². The number of aliphatic hydroxyl groups is 1. The zero-order valence-electron chi connectivity index (χ0n) is 18.4. The normalized spacial score (nSPS) is 16.0. The average molecular weight is 430 g/mol. The Morgan fingerprint density at radius 1 is 1.09 bits per heavy atom. The van der Waals surface area contributed by atoms with E-state index in [1.165, 1.54) is 0 Å². The van der Waals surface area contributed by atoms with Gasteiger partial charge in [-0.2, -0.15) is 5.10 Å². The van der Waals surface area contributed by atoms with Crippen LogP contribution < -0.4 is 10.7 Å². The molecule has 0 saturated carbocycles. The van der Waals surface area contributed by atoms with Crippen molar-refractivity contribution in [3.63, 3.8) is 0 Å². The van der Waals surface area contributed by atoms with Crippen molar-refractivity contribution in [3.05, 3.63) is 70.3 Å². The summed E-state index contributed by atoms with van der Waals surface area (Å²) in [5.74, 6) is 0. The van der Waals surface area contributed by atoms with Crippen molar-refractivity contribution < 1.29 is 5.11 Å². The fourth-order valence-corrected chi connectivity index (χ4v) is 4.47. The van der Waals surface area contributed by atoms with Gasteiger partial charge in [-0.25, -0.2) is 0 Å². The number of benzene rings is 1. The quantitative estimate of drug-likeness (QED) is 0.518. The average Bonchev–Trinajstić information content (AvgIpc) is 3.21. The Labute approximate surface area is 186 Å². The Bertz CT molecular complexity index is 1360.